The van der Waals surface area contributed by atoms with Crippen molar-refractivity contribution in [3.05, 3.63) is 63.7 Å². The van der Waals surface area contributed by atoms with Gasteiger partial charge in [-0.05, 0) is 37.3 Å². The van der Waals surface area contributed by atoms with Crippen LogP contribution in [-0.2, 0) is 9.63 Å². The maximum absolute atomic E-state index is 12.2. The van der Waals surface area contributed by atoms with Gasteiger partial charge in [0.2, 0.25) is 5.78 Å². The van der Waals surface area contributed by atoms with Crippen LogP contribution in [-0.4, -0.2) is 22.4 Å². The molecule has 0 atom stereocenters. The molecule has 0 amide bonds. The van der Waals surface area contributed by atoms with Crippen LogP contribution in [0.2, 0.25) is 0 Å². The van der Waals surface area contributed by atoms with Gasteiger partial charge in [0.25, 0.3) is 5.69 Å². The van der Waals surface area contributed by atoms with Gasteiger partial charge in [0.15, 0.2) is 0 Å². The third-order valence-electron chi connectivity index (χ3n) is 3.28. The summed E-state index contributed by atoms with van der Waals surface area (Å²) >= 11 is 1.25. The molecular formula is C18H13N3O5S. The molecule has 2 rings (SSSR count). The summed E-state index contributed by atoms with van der Waals surface area (Å²) in [6.07, 6.45) is 0. The zero-order chi connectivity index (χ0) is 20.0. The number of hydrogen-bond acceptors (Lipinski definition) is 8. The number of carbonyl (C=O) groups is 2. The first-order valence-electron chi connectivity index (χ1n) is 7.55. The van der Waals surface area contributed by atoms with Gasteiger partial charge in [-0.3, -0.25) is 14.9 Å². The quantitative estimate of drug-likeness (QED) is 0.245. The van der Waals surface area contributed by atoms with E-state index in [1.165, 1.54) is 43.8 Å². The summed E-state index contributed by atoms with van der Waals surface area (Å²) in [7, 11) is 0. The molecule has 0 N–H and O–H groups in total. The van der Waals surface area contributed by atoms with E-state index in [1.54, 1.807) is 24.3 Å². The highest BCUT2D eigenvalue weighted by atomic mass is 32.2. The highest BCUT2D eigenvalue weighted by Crippen LogP contribution is 2.32. The van der Waals surface area contributed by atoms with Crippen LogP contribution in [0.3, 0.4) is 0 Å². The molecule has 0 unspecified atom stereocenters. The molecule has 0 fully saturated rings. The van der Waals surface area contributed by atoms with E-state index in [-0.39, 0.29) is 22.7 Å². The molecule has 9 heteroatoms. The van der Waals surface area contributed by atoms with E-state index < -0.39 is 10.9 Å². The van der Waals surface area contributed by atoms with Crippen molar-refractivity contribution in [3.63, 3.8) is 0 Å². The topological polar surface area (TPSA) is 123 Å². The Morgan fingerprint density at radius 3 is 2.41 bits per heavy atom. The molecule has 0 bridgehead atoms. The van der Waals surface area contributed by atoms with E-state index in [2.05, 4.69) is 9.99 Å². The molecule has 136 valence electrons. The average Bonchev–Trinajstić information content (AvgIpc) is 2.66. The molecule has 27 heavy (non-hydrogen) atoms. The summed E-state index contributed by atoms with van der Waals surface area (Å²) in [5, 5.41) is 23.4. The third-order valence-corrected chi connectivity index (χ3v) is 4.36. The van der Waals surface area contributed by atoms with E-state index in [4.69, 9.17) is 0 Å². The first-order valence-corrected chi connectivity index (χ1v) is 8.37. The Morgan fingerprint density at radius 1 is 1.19 bits per heavy atom. The number of benzene rings is 2. The summed E-state index contributed by atoms with van der Waals surface area (Å²) < 4.78 is 0. The van der Waals surface area contributed by atoms with Crippen molar-refractivity contribution < 1.29 is 19.3 Å². The lowest BCUT2D eigenvalue weighted by atomic mass is 10.1. The lowest BCUT2D eigenvalue weighted by Gasteiger charge is -2.05. The Morgan fingerprint density at radius 2 is 1.85 bits per heavy atom. The van der Waals surface area contributed by atoms with Crippen LogP contribution in [0.1, 0.15) is 29.8 Å². The fourth-order valence-electron chi connectivity index (χ4n) is 1.99. The zero-order valence-electron chi connectivity index (χ0n) is 14.3. The Balaban J connectivity index is 2.18. The van der Waals surface area contributed by atoms with Gasteiger partial charge in [-0.25, -0.2) is 4.79 Å². The van der Waals surface area contributed by atoms with Crippen molar-refractivity contribution in [1.82, 2.24) is 0 Å². The van der Waals surface area contributed by atoms with Crippen molar-refractivity contribution in [2.24, 2.45) is 5.16 Å². The molecule has 0 spiro atoms. The van der Waals surface area contributed by atoms with Crippen molar-refractivity contribution in [1.29, 1.82) is 5.26 Å². The zero-order valence-corrected chi connectivity index (χ0v) is 15.1. The Hall–Kier alpha value is -3.51. The van der Waals surface area contributed by atoms with Gasteiger partial charge >= 0.3 is 5.97 Å². The molecule has 0 heterocycles. The third kappa shape index (κ3) is 5.23. The van der Waals surface area contributed by atoms with E-state index in [9.17, 15) is 25.0 Å². The Labute approximate surface area is 158 Å². The number of Topliss-reactive ketones (excluding diaryl/α,β-unsaturated/α-hetero) is 1. The highest BCUT2D eigenvalue weighted by molar-refractivity contribution is 7.99. The second-order valence-electron chi connectivity index (χ2n) is 5.26. The normalized spacial score (nSPS) is 10.8. The van der Waals surface area contributed by atoms with Gasteiger partial charge in [0.05, 0.1) is 10.5 Å². The summed E-state index contributed by atoms with van der Waals surface area (Å²) in [6.45, 7) is 2.62. The molecule has 2 aromatic rings. The molecule has 8 nitrogen and oxygen atoms in total. The second-order valence-corrected chi connectivity index (χ2v) is 6.38. The fourth-order valence-corrected chi connectivity index (χ4v) is 2.87. The van der Waals surface area contributed by atoms with E-state index in [0.717, 1.165) is 4.90 Å². The predicted octanol–water partition coefficient (Wildman–Crippen LogP) is 3.74. The van der Waals surface area contributed by atoms with Gasteiger partial charge in [-0.1, -0.05) is 16.9 Å². The number of carbonyl (C=O) groups excluding carboxylic acids is 2. The van der Waals surface area contributed by atoms with Gasteiger partial charge in [-0.2, -0.15) is 5.26 Å². The van der Waals surface area contributed by atoms with E-state index >= 15 is 0 Å². The van der Waals surface area contributed by atoms with Crippen LogP contribution in [0, 0.1) is 21.4 Å². The van der Waals surface area contributed by atoms with Crippen LogP contribution >= 0.6 is 11.8 Å². The van der Waals surface area contributed by atoms with E-state index in [1.807, 2.05) is 6.07 Å². The van der Waals surface area contributed by atoms with Crippen molar-refractivity contribution in [2.75, 3.05) is 0 Å². The number of nitro benzene ring substituents is 1. The van der Waals surface area contributed by atoms with Crippen LogP contribution < -0.4 is 0 Å². The minimum absolute atomic E-state index is 0.0349. The monoisotopic (exact) mass is 383 g/mol. The fraction of sp³-hybridized carbons (Fsp3) is 0.111. The highest BCUT2D eigenvalue weighted by Gasteiger charge is 2.13. The molecule has 0 aromatic heterocycles. The van der Waals surface area contributed by atoms with E-state index in [0.29, 0.717) is 10.5 Å². The number of ketones is 1. The number of hydrogen-bond donors (Lipinski definition) is 0. The number of nitriles is 1. The average molecular weight is 383 g/mol. The second kappa shape index (κ2) is 8.73. The van der Waals surface area contributed by atoms with Crippen molar-refractivity contribution in [3.8, 4) is 6.07 Å². The smallest absolute Gasteiger partial charge is 0.318 e. The van der Waals surface area contributed by atoms with Crippen LogP contribution in [0.4, 0.5) is 5.69 Å². The van der Waals surface area contributed by atoms with Gasteiger partial charge in [0, 0.05) is 34.4 Å². The van der Waals surface area contributed by atoms with Crippen LogP contribution in [0.5, 0.6) is 0 Å². The molecule has 0 saturated heterocycles. The predicted molar refractivity (Wildman–Crippen MR) is 97.6 cm³/mol. The van der Waals surface area contributed by atoms with Crippen molar-refractivity contribution >= 4 is 34.9 Å². The minimum Gasteiger partial charge on any atom is -0.318 e. The van der Waals surface area contributed by atoms with Gasteiger partial charge < -0.3 is 4.84 Å². The summed E-state index contributed by atoms with van der Waals surface area (Å²) in [5.41, 5.74) is 0.433. The Kier molecular flexibility index (Phi) is 6.41. The summed E-state index contributed by atoms with van der Waals surface area (Å²) in [6, 6.07) is 12.5. The lowest BCUT2D eigenvalue weighted by molar-refractivity contribution is -0.384. The van der Waals surface area contributed by atoms with Gasteiger partial charge in [0.1, 0.15) is 11.8 Å². The molecule has 0 aliphatic heterocycles. The number of non-ortho nitro benzene ring substituents is 1. The standard InChI is InChI=1S/C18H13N3O5S/c1-11(20-26-12(2)22)18(23)13-3-6-16(7-4-13)27-17-8-5-15(21(24)25)9-14(17)10-19/h3-9H,1-2H3. The number of rotatable bonds is 6. The molecule has 0 aliphatic rings. The lowest BCUT2D eigenvalue weighted by Crippen LogP contribution is -2.11. The summed E-state index contributed by atoms with van der Waals surface area (Å²) in [5.74, 6) is -1.01. The molecular weight excluding hydrogens is 370 g/mol. The maximum Gasteiger partial charge on any atom is 0.331 e. The minimum atomic E-state index is -0.620. The van der Waals surface area contributed by atoms with Crippen LogP contribution in [0.25, 0.3) is 0 Å². The largest absolute Gasteiger partial charge is 0.331 e. The summed E-state index contributed by atoms with van der Waals surface area (Å²) in [4.78, 5) is 38.9. The molecule has 0 saturated carbocycles. The molecule has 2 aromatic carbocycles. The number of oxime groups is 1. The molecule has 0 aliphatic carbocycles. The number of nitrogens with zero attached hydrogens (tertiary/aromatic N) is 3. The maximum atomic E-state index is 12.2. The molecule has 0 radical (unpaired) electrons. The van der Waals surface area contributed by atoms with Gasteiger partial charge in [-0.15, -0.1) is 0 Å². The van der Waals surface area contributed by atoms with Crippen LogP contribution in [0.15, 0.2) is 57.4 Å². The Bertz CT molecular complexity index is 977. The van der Waals surface area contributed by atoms with Crippen molar-refractivity contribution in [2.45, 2.75) is 23.6 Å². The SMILES string of the molecule is CC(=O)ON=C(C)C(=O)c1ccc(Sc2ccc([N+](=O)[O-])cc2C#N)cc1. The number of nitro groups is 1. The first kappa shape index (κ1) is 19.8. The first-order chi connectivity index (χ1) is 12.8.